The van der Waals surface area contributed by atoms with Crippen molar-refractivity contribution in [2.24, 2.45) is 11.5 Å². The summed E-state index contributed by atoms with van der Waals surface area (Å²) in [5.41, 5.74) is 11.8. The molecule has 1 aliphatic heterocycles. The second-order valence-electron chi connectivity index (χ2n) is 5.87. The highest BCUT2D eigenvalue weighted by atomic mass is 32.2. The van der Waals surface area contributed by atoms with Crippen LogP contribution in [-0.2, 0) is 38.1 Å². The fourth-order valence-electron chi connectivity index (χ4n) is 2.07. The van der Waals surface area contributed by atoms with E-state index in [1.54, 1.807) is 13.8 Å². The van der Waals surface area contributed by atoms with Gasteiger partial charge in [0.05, 0.1) is 37.8 Å². The van der Waals surface area contributed by atoms with E-state index in [1.807, 2.05) is 0 Å². The highest BCUT2D eigenvalue weighted by Crippen LogP contribution is 2.31. The predicted octanol–water partition coefficient (Wildman–Crippen LogP) is -1.89. The Balaban J connectivity index is 2.77. The lowest BCUT2D eigenvalue weighted by Gasteiger charge is -2.26. The summed E-state index contributed by atoms with van der Waals surface area (Å²) < 4.78 is 64.8. The molecule has 4 atom stereocenters. The minimum atomic E-state index is -3.66. The first-order chi connectivity index (χ1) is 10.2. The van der Waals surface area contributed by atoms with Crippen molar-refractivity contribution in [2.75, 3.05) is 25.7 Å². The van der Waals surface area contributed by atoms with E-state index in [0.29, 0.717) is 0 Å². The standard InChI is InChI=1S/C11H24N2O8S2/c1-11(2)20-9(7(12)5-18-22(3,14)15)10(21-11)8(13)6-19-23(4,16)17/h7-10H,5-6,12-13H2,1-4H3/t7-,8-,9-,10-/m1/s1. The molecule has 0 aliphatic carbocycles. The Morgan fingerprint density at radius 2 is 1.22 bits per heavy atom. The van der Waals surface area contributed by atoms with E-state index < -0.39 is 50.3 Å². The largest absolute Gasteiger partial charge is 0.343 e. The molecular formula is C11H24N2O8S2. The van der Waals surface area contributed by atoms with Crippen LogP contribution in [0.2, 0.25) is 0 Å². The molecule has 0 aromatic carbocycles. The van der Waals surface area contributed by atoms with E-state index in [4.69, 9.17) is 20.9 Å². The van der Waals surface area contributed by atoms with Gasteiger partial charge in [-0.25, -0.2) is 0 Å². The van der Waals surface area contributed by atoms with Gasteiger partial charge in [-0.1, -0.05) is 0 Å². The van der Waals surface area contributed by atoms with Gasteiger partial charge in [-0.05, 0) is 13.8 Å². The number of nitrogens with two attached hydrogens (primary N) is 2. The van der Waals surface area contributed by atoms with Gasteiger partial charge in [-0.3, -0.25) is 8.37 Å². The molecule has 0 unspecified atom stereocenters. The van der Waals surface area contributed by atoms with Crippen LogP contribution in [0.15, 0.2) is 0 Å². The van der Waals surface area contributed by atoms with Crippen molar-refractivity contribution in [1.29, 1.82) is 0 Å². The Morgan fingerprint density at radius 1 is 0.913 bits per heavy atom. The van der Waals surface area contributed by atoms with Crippen LogP contribution in [0, 0.1) is 0 Å². The van der Waals surface area contributed by atoms with E-state index in [1.165, 1.54) is 0 Å². The minimum absolute atomic E-state index is 0.320. The average Bonchev–Trinajstić information content (AvgIpc) is 2.67. The number of hydrogen-bond acceptors (Lipinski definition) is 10. The Labute approximate surface area is 136 Å². The Morgan fingerprint density at radius 3 is 1.48 bits per heavy atom. The van der Waals surface area contributed by atoms with Gasteiger partial charge in [0, 0.05) is 0 Å². The van der Waals surface area contributed by atoms with Crippen LogP contribution in [0.1, 0.15) is 13.8 Å². The van der Waals surface area contributed by atoms with Gasteiger partial charge in [0.15, 0.2) is 5.79 Å². The van der Waals surface area contributed by atoms with Crippen molar-refractivity contribution in [1.82, 2.24) is 0 Å². The highest BCUT2D eigenvalue weighted by molar-refractivity contribution is 7.86. The molecule has 1 fully saturated rings. The summed E-state index contributed by atoms with van der Waals surface area (Å²) in [7, 11) is -7.31. The molecule has 0 aromatic heterocycles. The Kier molecular flexibility index (Phi) is 6.54. The first-order valence-electron chi connectivity index (χ1n) is 6.76. The van der Waals surface area contributed by atoms with Crippen LogP contribution in [0.25, 0.3) is 0 Å². The molecule has 4 N–H and O–H groups in total. The maximum absolute atomic E-state index is 11.0. The Bertz CT molecular complexity index is 552. The van der Waals surface area contributed by atoms with Gasteiger partial charge in [0.1, 0.15) is 12.2 Å². The van der Waals surface area contributed by atoms with Crippen molar-refractivity contribution in [3.8, 4) is 0 Å². The smallest absolute Gasteiger partial charge is 0.264 e. The molecule has 0 saturated carbocycles. The molecule has 1 rings (SSSR count). The molecule has 12 heteroatoms. The minimum Gasteiger partial charge on any atom is -0.343 e. The zero-order valence-electron chi connectivity index (χ0n) is 13.5. The van der Waals surface area contributed by atoms with Gasteiger partial charge in [0.25, 0.3) is 20.2 Å². The molecular weight excluding hydrogens is 352 g/mol. The van der Waals surface area contributed by atoms with Crippen LogP contribution >= 0.6 is 0 Å². The van der Waals surface area contributed by atoms with E-state index in [9.17, 15) is 16.8 Å². The molecule has 10 nitrogen and oxygen atoms in total. The fraction of sp³-hybridized carbons (Fsp3) is 1.00. The van der Waals surface area contributed by atoms with Crippen LogP contribution in [0.4, 0.5) is 0 Å². The fourth-order valence-corrected chi connectivity index (χ4v) is 2.88. The van der Waals surface area contributed by atoms with Crippen molar-refractivity contribution < 1.29 is 34.7 Å². The number of ether oxygens (including phenoxy) is 2. The summed E-state index contributed by atoms with van der Waals surface area (Å²) in [6.07, 6.45) is 0.229. The summed E-state index contributed by atoms with van der Waals surface area (Å²) in [5.74, 6) is -1.01. The highest BCUT2D eigenvalue weighted by Gasteiger charge is 2.47. The van der Waals surface area contributed by atoms with Crippen LogP contribution < -0.4 is 11.5 Å². The molecule has 1 heterocycles. The number of hydrogen-bond donors (Lipinski definition) is 2. The first kappa shape index (κ1) is 20.7. The van der Waals surface area contributed by atoms with E-state index in [-0.39, 0.29) is 13.2 Å². The van der Waals surface area contributed by atoms with Crippen molar-refractivity contribution in [3.05, 3.63) is 0 Å². The summed E-state index contributed by atoms with van der Waals surface area (Å²) in [4.78, 5) is 0. The van der Waals surface area contributed by atoms with E-state index in [2.05, 4.69) is 8.37 Å². The SMILES string of the molecule is CC1(C)O[C@H]([C@H](N)COS(C)(=O)=O)[C@@H]([C@H](N)COS(C)(=O)=O)O1. The summed E-state index contributed by atoms with van der Waals surface area (Å²) in [6.45, 7) is 2.63. The monoisotopic (exact) mass is 376 g/mol. The van der Waals surface area contributed by atoms with Crippen LogP contribution in [-0.4, -0.2) is 72.6 Å². The predicted molar refractivity (Wildman–Crippen MR) is 81.4 cm³/mol. The maximum Gasteiger partial charge on any atom is 0.264 e. The zero-order chi connectivity index (χ0) is 18.1. The summed E-state index contributed by atoms with van der Waals surface area (Å²) >= 11 is 0. The normalized spacial score (nSPS) is 27.7. The van der Waals surface area contributed by atoms with Crippen LogP contribution in [0.5, 0.6) is 0 Å². The Hall–Kier alpha value is -0.340. The molecule has 0 aromatic rings. The second kappa shape index (κ2) is 7.27. The van der Waals surface area contributed by atoms with Gasteiger partial charge in [-0.15, -0.1) is 0 Å². The first-order valence-corrected chi connectivity index (χ1v) is 10.4. The molecule has 0 amide bonds. The third-order valence-corrected chi connectivity index (χ3v) is 4.09. The van der Waals surface area contributed by atoms with Crippen LogP contribution in [0.3, 0.4) is 0 Å². The van der Waals surface area contributed by atoms with E-state index >= 15 is 0 Å². The zero-order valence-corrected chi connectivity index (χ0v) is 15.1. The van der Waals surface area contributed by atoms with E-state index in [0.717, 1.165) is 12.5 Å². The summed E-state index contributed by atoms with van der Waals surface area (Å²) in [5, 5.41) is 0. The van der Waals surface area contributed by atoms with Crippen molar-refractivity contribution in [3.63, 3.8) is 0 Å². The lowest BCUT2D eigenvalue weighted by atomic mass is 10.0. The molecule has 0 radical (unpaired) electrons. The third-order valence-electron chi connectivity index (χ3n) is 2.96. The average molecular weight is 376 g/mol. The van der Waals surface area contributed by atoms with Crippen molar-refractivity contribution in [2.45, 2.75) is 43.9 Å². The van der Waals surface area contributed by atoms with Gasteiger partial charge >= 0.3 is 0 Å². The lowest BCUT2D eigenvalue weighted by molar-refractivity contribution is -0.150. The lowest BCUT2D eigenvalue weighted by Crippen LogP contribution is -2.52. The summed E-state index contributed by atoms with van der Waals surface area (Å²) in [6, 6.07) is -1.69. The molecule has 0 bridgehead atoms. The second-order valence-corrected chi connectivity index (χ2v) is 9.16. The molecule has 0 spiro atoms. The van der Waals surface area contributed by atoms with Gasteiger partial charge in [-0.2, -0.15) is 16.8 Å². The van der Waals surface area contributed by atoms with Gasteiger partial charge in [0.2, 0.25) is 0 Å². The van der Waals surface area contributed by atoms with Crippen molar-refractivity contribution >= 4 is 20.2 Å². The molecule has 1 saturated heterocycles. The van der Waals surface area contributed by atoms with Gasteiger partial charge < -0.3 is 20.9 Å². The molecule has 138 valence electrons. The topological polar surface area (TPSA) is 157 Å². The molecule has 23 heavy (non-hydrogen) atoms. The third kappa shape index (κ3) is 7.39. The molecule has 1 aliphatic rings. The number of rotatable bonds is 8. The maximum atomic E-state index is 11.0. The quantitative estimate of drug-likeness (QED) is 0.459.